The zero-order valence-electron chi connectivity index (χ0n) is 37.4. The lowest BCUT2D eigenvalue weighted by atomic mass is 9.35. The lowest BCUT2D eigenvalue weighted by Crippen LogP contribution is -2.62. The van der Waals surface area contributed by atoms with E-state index >= 15 is 0 Å². The van der Waals surface area contributed by atoms with Crippen LogP contribution in [0.4, 0.5) is 34.1 Å². The van der Waals surface area contributed by atoms with Crippen LogP contribution in [0.25, 0.3) is 16.2 Å². The second-order valence-electron chi connectivity index (χ2n) is 22.2. The second-order valence-corrected chi connectivity index (χ2v) is 23.3. The van der Waals surface area contributed by atoms with Crippen molar-refractivity contribution in [3.63, 3.8) is 0 Å². The van der Waals surface area contributed by atoms with Gasteiger partial charge in [0.15, 0.2) is 0 Å². The third kappa shape index (κ3) is 4.87. The van der Waals surface area contributed by atoms with Crippen molar-refractivity contribution in [2.45, 2.75) is 136 Å². The maximum atomic E-state index is 4.45. The Morgan fingerprint density at radius 2 is 1.29 bits per heavy atom. The Hall–Kier alpha value is -4.54. The van der Waals surface area contributed by atoms with Gasteiger partial charge in [-0.3, -0.25) is 0 Å². The molecule has 5 aromatic carbocycles. The molecule has 0 radical (unpaired) electrons. The van der Waals surface area contributed by atoms with Crippen LogP contribution in [0.2, 0.25) is 0 Å². The Bertz CT molecular complexity index is 2880. The largest absolute Gasteiger partial charge is 0.311 e. The number of benzene rings is 5. The lowest BCUT2D eigenvalue weighted by molar-refractivity contribution is 0.327. The number of fused-ring (bicyclic) bond motifs is 10. The van der Waals surface area contributed by atoms with Gasteiger partial charge in [0.05, 0.1) is 11.4 Å². The first-order chi connectivity index (χ1) is 27.7. The van der Waals surface area contributed by atoms with Gasteiger partial charge in [0.1, 0.15) is 0 Å². The molecule has 11 rings (SSSR count). The summed E-state index contributed by atoms with van der Waals surface area (Å²) in [6.45, 7) is 33.6. The van der Waals surface area contributed by atoms with Gasteiger partial charge in [-0.25, -0.2) is 0 Å². The molecule has 3 aliphatic heterocycles. The number of rotatable bonds is 2. The van der Waals surface area contributed by atoms with Gasteiger partial charge in [0, 0.05) is 43.0 Å². The molecule has 1 atom stereocenters. The van der Waals surface area contributed by atoms with Gasteiger partial charge < -0.3 is 9.80 Å². The molecular formula is C55H59BN2S. The van der Waals surface area contributed by atoms with Crippen LogP contribution in [0, 0.1) is 13.8 Å². The molecule has 4 heteroatoms. The summed E-state index contributed by atoms with van der Waals surface area (Å²) in [4.78, 5) is 5.42. The van der Waals surface area contributed by atoms with Gasteiger partial charge in [-0.2, -0.15) is 0 Å². The zero-order valence-corrected chi connectivity index (χ0v) is 38.2. The van der Waals surface area contributed by atoms with E-state index in [4.69, 9.17) is 0 Å². The van der Waals surface area contributed by atoms with Crippen LogP contribution in [-0.4, -0.2) is 6.71 Å². The van der Waals surface area contributed by atoms with E-state index in [9.17, 15) is 0 Å². The average molecular weight is 791 g/mol. The normalized spacial score (nSPS) is 21.1. The highest BCUT2D eigenvalue weighted by Gasteiger charge is 2.54. The first-order valence-corrected chi connectivity index (χ1v) is 23.0. The number of hydrogen-bond acceptors (Lipinski definition) is 3. The molecule has 59 heavy (non-hydrogen) atoms. The van der Waals surface area contributed by atoms with Gasteiger partial charge in [-0.05, 0) is 153 Å². The summed E-state index contributed by atoms with van der Waals surface area (Å²) in [5.41, 5.74) is 24.0. The number of aryl methyl sites for hydroxylation is 2. The van der Waals surface area contributed by atoms with Gasteiger partial charge in [0.25, 0.3) is 6.71 Å². The van der Waals surface area contributed by atoms with Crippen LogP contribution < -0.4 is 25.5 Å². The Balaban J connectivity index is 1.30. The highest BCUT2D eigenvalue weighted by molar-refractivity contribution is 7.33. The molecular weight excluding hydrogens is 731 g/mol. The second kappa shape index (κ2) is 11.6. The van der Waals surface area contributed by atoms with Crippen molar-refractivity contribution < 1.29 is 0 Å². The van der Waals surface area contributed by atoms with Crippen molar-refractivity contribution >= 4 is 84.0 Å². The van der Waals surface area contributed by atoms with Crippen molar-refractivity contribution in [2.75, 3.05) is 9.80 Å². The third-order valence-corrected chi connectivity index (χ3v) is 17.1. The van der Waals surface area contributed by atoms with Gasteiger partial charge >= 0.3 is 0 Å². The van der Waals surface area contributed by atoms with Crippen LogP contribution in [0.1, 0.15) is 145 Å². The molecule has 1 aromatic heterocycles. The Morgan fingerprint density at radius 1 is 0.644 bits per heavy atom. The molecule has 2 aliphatic carbocycles. The molecule has 4 heterocycles. The molecule has 0 N–H and O–H groups in total. The molecule has 1 unspecified atom stereocenters. The van der Waals surface area contributed by atoms with E-state index in [0.717, 1.165) is 12.0 Å². The van der Waals surface area contributed by atoms with E-state index in [0.29, 0.717) is 0 Å². The molecule has 298 valence electrons. The fraction of sp³-hybridized carbons (Fsp3) is 0.382. The zero-order chi connectivity index (χ0) is 41.5. The Kier molecular flexibility index (Phi) is 7.39. The van der Waals surface area contributed by atoms with E-state index in [-0.39, 0.29) is 33.8 Å². The summed E-state index contributed by atoms with van der Waals surface area (Å²) in [6, 6.07) is 29.7. The van der Waals surface area contributed by atoms with Crippen molar-refractivity contribution in [1.29, 1.82) is 0 Å². The van der Waals surface area contributed by atoms with Gasteiger partial charge in [-0.15, -0.1) is 11.3 Å². The fourth-order valence-electron chi connectivity index (χ4n) is 12.1. The first-order valence-electron chi connectivity index (χ1n) is 22.2. The standard InChI is InChI=1S/C55H59BN2S/c1-14-33-27-43-47-44(28-33)58-42-30-38-37(53(9,10)21-22-54(38,11)12)29-39(42)55(13)24-23-52(7,8)36-17-18-40(49(58)46(36)55)56(47)50-48(35-25-31(2)15-20-45(35)59-50)57(43)41-19-16-34(26-32(41)3)51(4,5)6/h14-20,25-30H,1,21-24H2,2-13H3. The van der Waals surface area contributed by atoms with Crippen molar-refractivity contribution in [3.8, 4) is 0 Å². The van der Waals surface area contributed by atoms with Crippen LogP contribution in [0.5, 0.6) is 0 Å². The summed E-state index contributed by atoms with van der Waals surface area (Å²) in [5.74, 6) is 0. The van der Waals surface area contributed by atoms with E-state index in [2.05, 4.69) is 178 Å². The average Bonchev–Trinajstić information content (AvgIpc) is 3.55. The maximum absolute atomic E-state index is 4.45. The van der Waals surface area contributed by atoms with Crippen molar-refractivity contribution in [1.82, 2.24) is 0 Å². The smallest absolute Gasteiger partial charge is 0.264 e. The minimum atomic E-state index is -0.0994. The molecule has 0 bridgehead atoms. The SMILES string of the molecule is C=Cc1cc2c3c(c1)N(c1ccc(C(C)(C)C)cc1C)c1c(sc4ccc(C)cc14)B3c1ccc3c4c1N2c1cc2c(cc1C4(C)CCC3(C)C)C(C)(C)CCC2(C)C. The topological polar surface area (TPSA) is 6.48 Å². The quantitative estimate of drug-likeness (QED) is 0.161. The van der Waals surface area contributed by atoms with Crippen molar-refractivity contribution in [3.05, 3.63) is 129 Å². The summed E-state index contributed by atoms with van der Waals surface area (Å²) in [7, 11) is 0. The maximum Gasteiger partial charge on any atom is 0.264 e. The Labute approximate surface area is 357 Å². The van der Waals surface area contributed by atoms with E-state index in [1.54, 1.807) is 11.1 Å². The van der Waals surface area contributed by atoms with Gasteiger partial charge in [0.2, 0.25) is 0 Å². The van der Waals surface area contributed by atoms with Crippen LogP contribution >= 0.6 is 11.3 Å². The summed E-state index contributed by atoms with van der Waals surface area (Å²) >= 11 is 2.01. The van der Waals surface area contributed by atoms with E-state index in [1.165, 1.54) is 113 Å². The number of hydrogen-bond donors (Lipinski definition) is 0. The number of anilines is 6. The molecule has 0 fully saturated rings. The van der Waals surface area contributed by atoms with Crippen LogP contribution in [-0.2, 0) is 27.1 Å². The predicted molar refractivity (Wildman–Crippen MR) is 258 cm³/mol. The third-order valence-electron chi connectivity index (χ3n) is 15.9. The minimum absolute atomic E-state index is 0.0616. The van der Waals surface area contributed by atoms with Crippen LogP contribution in [0.3, 0.4) is 0 Å². The molecule has 5 aliphatic rings. The van der Waals surface area contributed by atoms with E-state index < -0.39 is 0 Å². The molecule has 6 aromatic rings. The molecule has 0 saturated heterocycles. The summed E-state index contributed by atoms with van der Waals surface area (Å²) in [5, 5.41) is 1.35. The molecule has 0 spiro atoms. The highest BCUT2D eigenvalue weighted by Crippen LogP contribution is 2.63. The minimum Gasteiger partial charge on any atom is -0.311 e. The van der Waals surface area contributed by atoms with E-state index in [1.807, 2.05) is 11.3 Å². The number of thiophene rings is 1. The molecule has 0 saturated carbocycles. The summed E-state index contributed by atoms with van der Waals surface area (Å²) < 4.78 is 2.81. The summed E-state index contributed by atoms with van der Waals surface area (Å²) in [6.07, 6.45) is 6.81. The monoisotopic (exact) mass is 790 g/mol. The Morgan fingerprint density at radius 3 is 1.95 bits per heavy atom. The molecule has 0 amide bonds. The fourth-order valence-corrected chi connectivity index (χ4v) is 13.4. The lowest BCUT2D eigenvalue weighted by Gasteiger charge is -2.55. The molecule has 2 nitrogen and oxygen atoms in total. The van der Waals surface area contributed by atoms with Crippen molar-refractivity contribution in [2.24, 2.45) is 0 Å². The van der Waals surface area contributed by atoms with Gasteiger partial charge in [-0.1, -0.05) is 124 Å². The predicted octanol–water partition coefficient (Wildman–Crippen LogP) is 13.6. The highest BCUT2D eigenvalue weighted by atomic mass is 32.1. The number of nitrogens with zero attached hydrogens (tertiary/aromatic N) is 2. The first kappa shape index (κ1) is 37.5. The van der Waals surface area contributed by atoms with Crippen LogP contribution in [0.15, 0.2) is 79.4 Å².